The average molecular weight is 483 g/mol. The van der Waals surface area contributed by atoms with E-state index in [1.165, 1.54) is 13.2 Å². The smallest absolute Gasteiger partial charge is 0.255 e. The van der Waals surface area contributed by atoms with E-state index in [1.54, 1.807) is 24.5 Å². The maximum atomic E-state index is 14.4. The number of benzene rings is 1. The molecule has 2 aromatic heterocycles. The van der Waals surface area contributed by atoms with Gasteiger partial charge in [-0.25, -0.2) is 4.39 Å². The zero-order chi connectivity index (χ0) is 24.2. The molecule has 0 radical (unpaired) electrons. The normalized spacial score (nSPS) is 17.4. The highest BCUT2D eigenvalue weighted by Crippen LogP contribution is 2.42. The number of pyridine rings is 1. The number of rotatable bonds is 8. The number of aromatic amines is 1. The number of hydrogen-bond donors (Lipinski definition) is 3. The number of H-pyrrole nitrogens is 1. The Balaban J connectivity index is 1.50. The number of hydrogen-bond acceptors (Lipinski definition) is 7. The van der Waals surface area contributed by atoms with Crippen molar-refractivity contribution >= 4 is 17.3 Å². The van der Waals surface area contributed by atoms with Crippen LogP contribution in [0.3, 0.4) is 0 Å². The number of aromatic nitrogens is 2. The van der Waals surface area contributed by atoms with Crippen molar-refractivity contribution in [1.82, 2.24) is 15.3 Å². The molecule has 1 aromatic carbocycles. The van der Waals surface area contributed by atoms with E-state index < -0.39 is 5.82 Å². The van der Waals surface area contributed by atoms with Crippen LogP contribution in [0.1, 0.15) is 22.5 Å². The van der Waals surface area contributed by atoms with E-state index >= 15 is 0 Å². The van der Waals surface area contributed by atoms with Crippen LogP contribution in [0.25, 0.3) is 11.3 Å². The summed E-state index contributed by atoms with van der Waals surface area (Å²) in [6, 6.07) is 6.41. The fourth-order valence-corrected chi connectivity index (χ4v) is 4.36. The molecular formula is C25H27FN4O5. The van der Waals surface area contributed by atoms with Crippen LogP contribution < -0.4 is 20.1 Å². The second-order valence-corrected chi connectivity index (χ2v) is 8.26. The molecule has 1 atom stereocenters. The first-order valence-corrected chi connectivity index (χ1v) is 11.5. The van der Waals surface area contributed by atoms with Crippen LogP contribution in [-0.4, -0.2) is 62.1 Å². The van der Waals surface area contributed by atoms with Crippen LogP contribution in [0.15, 0.2) is 36.7 Å². The molecule has 35 heavy (non-hydrogen) atoms. The summed E-state index contributed by atoms with van der Waals surface area (Å²) in [5.74, 6) is -0.102. The minimum Gasteiger partial charge on any atom is -0.492 e. The van der Waals surface area contributed by atoms with E-state index in [0.29, 0.717) is 74.2 Å². The van der Waals surface area contributed by atoms with Crippen LogP contribution in [-0.2, 0) is 15.9 Å². The maximum Gasteiger partial charge on any atom is 0.255 e. The van der Waals surface area contributed by atoms with Gasteiger partial charge in [0.05, 0.1) is 68.5 Å². The minimum absolute atomic E-state index is 0.0111. The molecule has 1 fully saturated rings. The lowest BCUT2D eigenvalue weighted by molar-refractivity contribution is -0.0935. The Labute approximate surface area is 201 Å². The van der Waals surface area contributed by atoms with E-state index in [0.717, 1.165) is 11.3 Å². The zero-order valence-electron chi connectivity index (χ0n) is 19.4. The van der Waals surface area contributed by atoms with Crippen molar-refractivity contribution in [2.45, 2.75) is 18.9 Å². The topological polar surface area (TPSA) is 107 Å². The molecule has 3 aromatic rings. The van der Waals surface area contributed by atoms with Crippen LogP contribution in [0.4, 0.5) is 15.8 Å². The van der Waals surface area contributed by atoms with E-state index in [-0.39, 0.29) is 17.8 Å². The summed E-state index contributed by atoms with van der Waals surface area (Å²) in [4.78, 5) is 20.5. The number of methoxy groups -OCH3 is 1. The Hall–Kier alpha value is -3.63. The van der Waals surface area contributed by atoms with Gasteiger partial charge in [-0.1, -0.05) is 6.07 Å². The molecule has 1 amide bonds. The molecule has 1 saturated heterocycles. The quantitative estimate of drug-likeness (QED) is 0.452. The van der Waals surface area contributed by atoms with Crippen molar-refractivity contribution < 1.29 is 28.1 Å². The predicted molar refractivity (Wildman–Crippen MR) is 127 cm³/mol. The highest BCUT2D eigenvalue weighted by Gasteiger charge is 2.29. The van der Waals surface area contributed by atoms with Gasteiger partial charge in [0.2, 0.25) is 0 Å². The summed E-state index contributed by atoms with van der Waals surface area (Å²) in [5.41, 5.74) is 3.56. The van der Waals surface area contributed by atoms with Crippen LogP contribution >= 0.6 is 0 Å². The summed E-state index contributed by atoms with van der Waals surface area (Å²) in [7, 11) is 1.40. The molecule has 5 rings (SSSR count). The molecule has 10 heteroatoms. The third-order valence-electron chi connectivity index (χ3n) is 6.03. The Morgan fingerprint density at radius 1 is 1.29 bits per heavy atom. The Kier molecular flexibility index (Phi) is 6.82. The number of amides is 1. The molecule has 184 valence electrons. The van der Waals surface area contributed by atoms with E-state index in [1.807, 2.05) is 6.07 Å². The fraction of sp³-hybridized carbons (Fsp3) is 0.360. The lowest BCUT2D eigenvalue weighted by atomic mass is 10.0. The number of carbonyl (C=O) groups excluding carboxylic acids is 1. The second-order valence-electron chi connectivity index (χ2n) is 8.26. The monoisotopic (exact) mass is 482 g/mol. The molecule has 0 spiro atoms. The maximum absolute atomic E-state index is 14.4. The van der Waals surface area contributed by atoms with Gasteiger partial charge in [0.15, 0.2) is 11.6 Å². The Bertz CT molecular complexity index is 1210. The average Bonchev–Trinajstić information content (AvgIpc) is 3.24. The predicted octanol–water partition coefficient (Wildman–Crippen LogP) is 3.44. The van der Waals surface area contributed by atoms with Gasteiger partial charge < -0.3 is 34.6 Å². The first kappa shape index (κ1) is 23.1. The van der Waals surface area contributed by atoms with Gasteiger partial charge in [-0.05, 0) is 18.2 Å². The molecule has 3 N–H and O–H groups in total. The van der Waals surface area contributed by atoms with Gasteiger partial charge in [0, 0.05) is 36.8 Å². The summed E-state index contributed by atoms with van der Waals surface area (Å²) < 4.78 is 36.9. The zero-order valence-corrected chi connectivity index (χ0v) is 19.4. The number of carbonyl (C=O) groups is 1. The lowest BCUT2D eigenvalue weighted by Gasteiger charge is -2.23. The van der Waals surface area contributed by atoms with Crippen molar-refractivity contribution in [2.24, 2.45) is 0 Å². The first-order valence-electron chi connectivity index (χ1n) is 11.5. The van der Waals surface area contributed by atoms with Crippen LogP contribution in [0.2, 0.25) is 0 Å². The molecule has 0 saturated carbocycles. The van der Waals surface area contributed by atoms with E-state index in [9.17, 15) is 9.18 Å². The number of halogens is 1. The van der Waals surface area contributed by atoms with Gasteiger partial charge in [-0.15, -0.1) is 0 Å². The molecule has 0 aliphatic carbocycles. The number of nitrogens with zero attached hydrogens (tertiary/aromatic N) is 1. The van der Waals surface area contributed by atoms with E-state index in [2.05, 4.69) is 20.6 Å². The number of ether oxygens (including phenoxy) is 4. The van der Waals surface area contributed by atoms with Crippen molar-refractivity contribution in [3.05, 3.63) is 53.7 Å². The van der Waals surface area contributed by atoms with Gasteiger partial charge in [0.25, 0.3) is 5.91 Å². The van der Waals surface area contributed by atoms with Crippen molar-refractivity contribution in [2.75, 3.05) is 45.4 Å². The van der Waals surface area contributed by atoms with Crippen LogP contribution in [0, 0.1) is 5.82 Å². The number of nitrogens with one attached hydrogen (secondary N) is 3. The second kappa shape index (κ2) is 10.3. The summed E-state index contributed by atoms with van der Waals surface area (Å²) in [6.45, 7) is 2.68. The number of para-hydroxylation sites is 1. The highest BCUT2D eigenvalue weighted by molar-refractivity contribution is 6.06. The van der Waals surface area contributed by atoms with Crippen molar-refractivity contribution in [3.63, 3.8) is 0 Å². The molecule has 2 aliphatic rings. The van der Waals surface area contributed by atoms with Crippen LogP contribution in [0.5, 0.6) is 11.5 Å². The van der Waals surface area contributed by atoms with Gasteiger partial charge in [-0.2, -0.15) is 0 Å². The Morgan fingerprint density at radius 3 is 3.03 bits per heavy atom. The molecule has 9 nitrogen and oxygen atoms in total. The van der Waals surface area contributed by atoms with Gasteiger partial charge in [-0.3, -0.25) is 9.78 Å². The highest BCUT2D eigenvalue weighted by atomic mass is 19.1. The Morgan fingerprint density at radius 2 is 2.20 bits per heavy atom. The summed E-state index contributed by atoms with van der Waals surface area (Å²) in [6.07, 6.45) is 4.59. The van der Waals surface area contributed by atoms with Crippen molar-refractivity contribution in [3.8, 4) is 22.8 Å². The molecule has 1 unspecified atom stereocenters. The summed E-state index contributed by atoms with van der Waals surface area (Å²) in [5, 5.41) is 6.12. The lowest BCUT2D eigenvalue weighted by Crippen LogP contribution is -2.31. The van der Waals surface area contributed by atoms with E-state index in [4.69, 9.17) is 18.9 Å². The molecular weight excluding hydrogens is 455 g/mol. The number of fused-ring (bicyclic) bond motifs is 1. The third-order valence-corrected chi connectivity index (χ3v) is 6.03. The number of anilines is 2. The fourth-order valence-electron chi connectivity index (χ4n) is 4.36. The van der Waals surface area contributed by atoms with Gasteiger partial charge in [0.1, 0.15) is 5.75 Å². The summed E-state index contributed by atoms with van der Waals surface area (Å²) >= 11 is 0. The minimum atomic E-state index is -0.505. The first-order chi connectivity index (χ1) is 17.2. The largest absolute Gasteiger partial charge is 0.492 e. The van der Waals surface area contributed by atoms with Crippen molar-refractivity contribution in [1.29, 1.82) is 0 Å². The standard InChI is InChI=1S/C25H27FN4O5/c1-32-24-17(26)3-2-4-19(24)30-23-21-18(6-9-28-25(21)31)29-22(23)16-5-8-27-13-20(16)35-10-7-15-14-33-11-12-34-15/h2-5,8,13,15,29-30H,6-7,9-12,14H2,1H3,(H,28,31). The third kappa shape index (κ3) is 4.80. The molecule has 0 bridgehead atoms. The molecule has 2 aliphatic heterocycles. The SMILES string of the molecule is COc1c(F)cccc1Nc1c(-c2ccncc2OCCC2COCCO2)[nH]c2c1C(=O)NCC2. The molecule has 4 heterocycles. The van der Waals surface area contributed by atoms with Gasteiger partial charge >= 0.3 is 0 Å².